The maximum Gasteiger partial charge on any atom is 0.259 e. The number of hydrogen-bond acceptors (Lipinski definition) is 4. The molecule has 1 fully saturated rings. The Morgan fingerprint density at radius 2 is 2.21 bits per heavy atom. The number of aromatic nitrogens is 2. The zero-order chi connectivity index (χ0) is 13.4. The normalized spacial score (nSPS) is 22.8. The highest BCUT2D eigenvalue weighted by molar-refractivity contribution is 6.33. The van der Waals surface area contributed by atoms with E-state index >= 15 is 0 Å². The van der Waals surface area contributed by atoms with Crippen LogP contribution in [-0.4, -0.2) is 15.2 Å². The van der Waals surface area contributed by atoms with Crippen molar-refractivity contribution in [1.29, 1.82) is 0 Å². The molecule has 0 saturated heterocycles. The van der Waals surface area contributed by atoms with Gasteiger partial charge in [-0.3, -0.25) is 0 Å². The highest BCUT2D eigenvalue weighted by atomic mass is 35.5. The molecule has 1 N–H and O–H groups in total. The summed E-state index contributed by atoms with van der Waals surface area (Å²) in [4.78, 5) is 4.43. The van der Waals surface area contributed by atoms with E-state index < -0.39 is 0 Å². The summed E-state index contributed by atoms with van der Waals surface area (Å²) in [5.74, 6) is 2.35. The van der Waals surface area contributed by atoms with Crippen LogP contribution in [0.4, 0.5) is 0 Å². The van der Waals surface area contributed by atoms with Gasteiger partial charge in [0.2, 0.25) is 0 Å². The van der Waals surface area contributed by atoms with Gasteiger partial charge in [-0.15, -0.1) is 0 Å². The van der Waals surface area contributed by atoms with Crippen molar-refractivity contribution in [3.05, 3.63) is 29.0 Å². The first kappa shape index (κ1) is 12.5. The van der Waals surface area contributed by atoms with Crippen molar-refractivity contribution in [1.82, 2.24) is 10.1 Å². The molecule has 0 radical (unpaired) electrons. The fourth-order valence-corrected chi connectivity index (χ4v) is 2.83. The standard InChI is InChI=1S/C14H15ClN2O2/c1-8-2-3-9(6-8)13-16-14(19-17-13)11-7-10(18)4-5-12(11)15/h4-5,7-9,18H,2-3,6H2,1H3. The predicted molar refractivity (Wildman–Crippen MR) is 72.2 cm³/mol. The summed E-state index contributed by atoms with van der Waals surface area (Å²) in [5.41, 5.74) is 0.575. The van der Waals surface area contributed by atoms with Crippen molar-refractivity contribution < 1.29 is 9.63 Å². The minimum atomic E-state index is 0.133. The van der Waals surface area contributed by atoms with Crippen LogP contribution in [0.15, 0.2) is 22.7 Å². The molecular formula is C14H15ClN2O2. The first-order chi connectivity index (χ1) is 9.13. The van der Waals surface area contributed by atoms with Crippen molar-refractivity contribution in [3.63, 3.8) is 0 Å². The van der Waals surface area contributed by atoms with Crippen molar-refractivity contribution in [2.45, 2.75) is 32.1 Å². The highest BCUT2D eigenvalue weighted by Gasteiger charge is 2.27. The van der Waals surface area contributed by atoms with Gasteiger partial charge in [-0.25, -0.2) is 0 Å². The quantitative estimate of drug-likeness (QED) is 0.902. The van der Waals surface area contributed by atoms with E-state index in [1.165, 1.54) is 18.6 Å². The van der Waals surface area contributed by atoms with Crippen molar-refractivity contribution in [3.8, 4) is 17.2 Å². The average molecular weight is 279 g/mol. The molecule has 1 aromatic heterocycles. The number of benzene rings is 1. The molecule has 0 spiro atoms. The van der Waals surface area contributed by atoms with Crippen molar-refractivity contribution >= 4 is 11.6 Å². The van der Waals surface area contributed by atoms with Gasteiger partial charge in [-0.1, -0.05) is 23.7 Å². The fourth-order valence-electron chi connectivity index (χ4n) is 2.63. The molecule has 2 atom stereocenters. The molecule has 0 bridgehead atoms. The van der Waals surface area contributed by atoms with Crippen LogP contribution in [-0.2, 0) is 0 Å². The summed E-state index contributed by atoms with van der Waals surface area (Å²) >= 11 is 6.08. The largest absolute Gasteiger partial charge is 0.508 e. The smallest absolute Gasteiger partial charge is 0.259 e. The summed E-state index contributed by atoms with van der Waals surface area (Å²) in [5, 5.41) is 14.1. The van der Waals surface area contributed by atoms with E-state index in [2.05, 4.69) is 17.1 Å². The van der Waals surface area contributed by atoms with Gasteiger partial charge < -0.3 is 9.63 Å². The highest BCUT2D eigenvalue weighted by Crippen LogP contribution is 2.38. The van der Waals surface area contributed by atoms with Gasteiger partial charge in [0.05, 0.1) is 10.6 Å². The molecule has 5 heteroatoms. The van der Waals surface area contributed by atoms with Gasteiger partial charge in [0.15, 0.2) is 5.82 Å². The molecule has 100 valence electrons. The van der Waals surface area contributed by atoms with E-state index in [0.29, 0.717) is 22.4 Å². The lowest BCUT2D eigenvalue weighted by Crippen LogP contribution is -1.96. The molecule has 3 rings (SSSR count). The van der Waals surface area contributed by atoms with E-state index in [1.54, 1.807) is 6.07 Å². The molecule has 2 unspecified atom stereocenters. The SMILES string of the molecule is CC1CCC(c2noc(-c3cc(O)ccc3Cl)n2)C1. The zero-order valence-electron chi connectivity index (χ0n) is 10.6. The monoisotopic (exact) mass is 278 g/mol. The lowest BCUT2D eigenvalue weighted by atomic mass is 10.1. The van der Waals surface area contributed by atoms with Crippen molar-refractivity contribution in [2.75, 3.05) is 0 Å². The van der Waals surface area contributed by atoms with E-state index in [4.69, 9.17) is 16.1 Å². The second kappa shape index (κ2) is 4.85. The van der Waals surface area contributed by atoms with Crippen LogP contribution in [0.5, 0.6) is 5.75 Å². The van der Waals surface area contributed by atoms with Gasteiger partial charge in [-0.2, -0.15) is 4.98 Å². The molecule has 0 aliphatic heterocycles. The van der Waals surface area contributed by atoms with Crippen LogP contribution in [0, 0.1) is 5.92 Å². The summed E-state index contributed by atoms with van der Waals surface area (Å²) in [7, 11) is 0. The molecule has 1 aliphatic rings. The number of hydrogen-bond donors (Lipinski definition) is 1. The number of halogens is 1. The Morgan fingerprint density at radius 3 is 2.95 bits per heavy atom. The molecule has 19 heavy (non-hydrogen) atoms. The topological polar surface area (TPSA) is 59.2 Å². The minimum Gasteiger partial charge on any atom is -0.508 e. The maximum absolute atomic E-state index is 9.50. The molecule has 1 aliphatic carbocycles. The van der Waals surface area contributed by atoms with Crippen LogP contribution in [0.3, 0.4) is 0 Å². The number of aromatic hydroxyl groups is 1. The Morgan fingerprint density at radius 1 is 1.37 bits per heavy atom. The third-order valence-electron chi connectivity index (χ3n) is 3.68. The van der Waals surface area contributed by atoms with Gasteiger partial charge >= 0.3 is 0 Å². The molecule has 1 heterocycles. The van der Waals surface area contributed by atoms with Crippen LogP contribution in [0.2, 0.25) is 5.02 Å². The Balaban J connectivity index is 1.90. The Labute approximate surface area is 116 Å². The molecule has 1 aromatic carbocycles. The van der Waals surface area contributed by atoms with E-state index in [0.717, 1.165) is 24.6 Å². The molecule has 2 aromatic rings. The first-order valence-electron chi connectivity index (χ1n) is 6.46. The first-order valence-corrected chi connectivity index (χ1v) is 6.84. The van der Waals surface area contributed by atoms with Crippen LogP contribution in [0.1, 0.15) is 37.9 Å². The van der Waals surface area contributed by atoms with Gasteiger partial charge in [0.25, 0.3) is 5.89 Å². The third-order valence-corrected chi connectivity index (χ3v) is 4.01. The summed E-state index contributed by atoms with van der Waals surface area (Å²) in [6.07, 6.45) is 3.42. The summed E-state index contributed by atoms with van der Waals surface area (Å²) < 4.78 is 5.28. The second-order valence-corrected chi connectivity index (χ2v) is 5.64. The Kier molecular flexibility index (Phi) is 3.19. The second-order valence-electron chi connectivity index (χ2n) is 5.24. The van der Waals surface area contributed by atoms with E-state index in [9.17, 15) is 5.11 Å². The van der Waals surface area contributed by atoms with Crippen molar-refractivity contribution in [2.24, 2.45) is 5.92 Å². The Hall–Kier alpha value is -1.55. The number of phenolic OH excluding ortho intramolecular Hbond substituents is 1. The Bertz CT molecular complexity index is 597. The lowest BCUT2D eigenvalue weighted by Gasteiger charge is -2.02. The van der Waals surface area contributed by atoms with Gasteiger partial charge in [0, 0.05) is 5.92 Å². The predicted octanol–water partition coefficient (Wildman–Crippen LogP) is 4.00. The van der Waals surface area contributed by atoms with Crippen LogP contribution in [0.25, 0.3) is 11.5 Å². The number of nitrogens with zero attached hydrogens (tertiary/aromatic N) is 2. The molecular weight excluding hydrogens is 264 g/mol. The van der Waals surface area contributed by atoms with Gasteiger partial charge in [-0.05, 0) is 43.4 Å². The van der Waals surface area contributed by atoms with E-state index in [1.807, 2.05) is 0 Å². The molecule has 4 nitrogen and oxygen atoms in total. The lowest BCUT2D eigenvalue weighted by molar-refractivity contribution is 0.414. The van der Waals surface area contributed by atoms with Crippen LogP contribution < -0.4 is 0 Å². The van der Waals surface area contributed by atoms with E-state index in [-0.39, 0.29) is 5.75 Å². The molecule has 1 saturated carbocycles. The van der Waals surface area contributed by atoms with Gasteiger partial charge in [0.1, 0.15) is 5.75 Å². The third kappa shape index (κ3) is 2.45. The summed E-state index contributed by atoms with van der Waals surface area (Å²) in [6.45, 7) is 2.24. The van der Waals surface area contributed by atoms with Crippen LogP contribution >= 0.6 is 11.6 Å². The molecule has 0 amide bonds. The number of rotatable bonds is 2. The maximum atomic E-state index is 9.50. The average Bonchev–Trinajstić information content (AvgIpc) is 3.00. The fraction of sp³-hybridized carbons (Fsp3) is 0.429. The summed E-state index contributed by atoms with van der Waals surface area (Å²) in [6, 6.07) is 4.69. The minimum absolute atomic E-state index is 0.133. The zero-order valence-corrected chi connectivity index (χ0v) is 11.4. The number of phenols is 1.